The molecule has 0 amide bonds. The third-order valence-electron chi connectivity index (χ3n) is 4.57. The number of anilines is 2. The molecule has 1 N–H and O–H groups in total. The molecule has 0 spiro atoms. The maximum absolute atomic E-state index is 4.65. The van der Waals surface area contributed by atoms with E-state index < -0.39 is 0 Å². The average Bonchev–Trinajstić information content (AvgIpc) is 2.96. The maximum Gasteiger partial charge on any atom is 0.131 e. The summed E-state index contributed by atoms with van der Waals surface area (Å²) in [6.45, 7) is 5.58. The minimum absolute atomic E-state index is 0.167. The molecule has 108 valence electrons. The molecule has 3 heteroatoms. The number of benzene rings is 1. The molecule has 0 fully saturated rings. The second-order valence-electron chi connectivity index (χ2n) is 6.94. The van der Waals surface area contributed by atoms with E-state index >= 15 is 0 Å². The normalized spacial score (nSPS) is 18.3. The van der Waals surface area contributed by atoms with Crippen LogP contribution in [-0.4, -0.2) is 24.1 Å². The highest BCUT2D eigenvalue weighted by Gasteiger charge is 2.27. The van der Waals surface area contributed by atoms with Gasteiger partial charge in [0.25, 0.3) is 0 Å². The van der Waals surface area contributed by atoms with E-state index in [1.165, 1.54) is 27.9 Å². The molecule has 1 aromatic carbocycles. The lowest BCUT2D eigenvalue weighted by molar-refractivity contribution is 0.594. The van der Waals surface area contributed by atoms with Crippen molar-refractivity contribution >= 4 is 11.5 Å². The van der Waals surface area contributed by atoms with Gasteiger partial charge in [0.05, 0.1) is 0 Å². The van der Waals surface area contributed by atoms with Crippen LogP contribution >= 0.6 is 0 Å². The number of pyridine rings is 1. The molecule has 0 radical (unpaired) electrons. The Morgan fingerprint density at radius 3 is 2.81 bits per heavy atom. The number of rotatable bonds is 1. The van der Waals surface area contributed by atoms with Gasteiger partial charge in [0, 0.05) is 36.6 Å². The van der Waals surface area contributed by atoms with Crippen molar-refractivity contribution < 1.29 is 0 Å². The van der Waals surface area contributed by atoms with E-state index in [4.69, 9.17) is 0 Å². The van der Waals surface area contributed by atoms with Crippen molar-refractivity contribution in [2.24, 2.45) is 0 Å². The minimum Gasteiger partial charge on any atom is -0.380 e. The van der Waals surface area contributed by atoms with Gasteiger partial charge >= 0.3 is 0 Å². The average molecular weight is 279 g/mol. The second-order valence-corrected chi connectivity index (χ2v) is 6.94. The zero-order valence-electron chi connectivity index (χ0n) is 12.9. The van der Waals surface area contributed by atoms with Crippen molar-refractivity contribution in [1.82, 2.24) is 4.98 Å². The largest absolute Gasteiger partial charge is 0.380 e. The number of nitrogens with one attached hydrogen (secondary N) is 1. The maximum atomic E-state index is 4.65. The Morgan fingerprint density at radius 1 is 1.14 bits per heavy atom. The van der Waals surface area contributed by atoms with Gasteiger partial charge in [-0.15, -0.1) is 0 Å². The third kappa shape index (κ3) is 2.08. The topological polar surface area (TPSA) is 28.2 Å². The first-order valence-electron chi connectivity index (χ1n) is 7.63. The van der Waals surface area contributed by atoms with E-state index in [2.05, 4.69) is 60.4 Å². The zero-order chi connectivity index (χ0) is 14.6. The smallest absolute Gasteiger partial charge is 0.131 e. The summed E-state index contributed by atoms with van der Waals surface area (Å²) >= 11 is 0. The monoisotopic (exact) mass is 279 g/mol. The summed E-state index contributed by atoms with van der Waals surface area (Å²) in [7, 11) is 2.11. The van der Waals surface area contributed by atoms with Crippen LogP contribution in [0.3, 0.4) is 0 Å². The first-order valence-corrected chi connectivity index (χ1v) is 7.63. The number of likely N-dealkylation sites (N-methyl/N-ethyl adjacent to an activating group) is 1. The van der Waals surface area contributed by atoms with Crippen LogP contribution in [0.5, 0.6) is 0 Å². The van der Waals surface area contributed by atoms with Crippen molar-refractivity contribution in [2.45, 2.75) is 32.2 Å². The lowest BCUT2D eigenvalue weighted by Gasteiger charge is -2.17. The van der Waals surface area contributed by atoms with Crippen LogP contribution in [0.2, 0.25) is 0 Å². The van der Waals surface area contributed by atoms with Gasteiger partial charge in [0.15, 0.2) is 0 Å². The van der Waals surface area contributed by atoms with Crippen LogP contribution in [0.25, 0.3) is 11.1 Å². The lowest BCUT2D eigenvalue weighted by atomic mass is 9.97. The second kappa shape index (κ2) is 4.23. The molecule has 0 aliphatic carbocycles. The molecular weight excluding hydrogens is 258 g/mol. The number of aromatic nitrogens is 1. The van der Waals surface area contributed by atoms with Gasteiger partial charge in [-0.2, -0.15) is 0 Å². The fraction of sp³-hybridized carbons (Fsp3) is 0.389. The van der Waals surface area contributed by atoms with E-state index in [-0.39, 0.29) is 5.54 Å². The van der Waals surface area contributed by atoms with Gasteiger partial charge in [0.2, 0.25) is 0 Å². The van der Waals surface area contributed by atoms with Gasteiger partial charge in [-0.25, -0.2) is 4.98 Å². The number of fused-ring (bicyclic) bond motifs is 2. The molecular formula is C18H21N3. The molecule has 2 aliphatic rings. The Balaban J connectivity index is 1.73. The van der Waals surface area contributed by atoms with Crippen molar-refractivity contribution in [2.75, 3.05) is 23.8 Å². The predicted molar refractivity (Wildman–Crippen MR) is 88.1 cm³/mol. The van der Waals surface area contributed by atoms with E-state index in [0.29, 0.717) is 0 Å². The quantitative estimate of drug-likeness (QED) is 0.866. The van der Waals surface area contributed by atoms with Crippen molar-refractivity contribution in [1.29, 1.82) is 0 Å². The van der Waals surface area contributed by atoms with Crippen LogP contribution in [-0.2, 0) is 12.8 Å². The molecule has 1 aromatic heterocycles. The van der Waals surface area contributed by atoms with Crippen LogP contribution < -0.4 is 10.2 Å². The summed E-state index contributed by atoms with van der Waals surface area (Å²) in [5.41, 5.74) is 6.73. The summed E-state index contributed by atoms with van der Waals surface area (Å²) in [5, 5.41) is 3.58. The zero-order valence-corrected chi connectivity index (χ0v) is 12.9. The summed E-state index contributed by atoms with van der Waals surface area (Å²) in [4.78, 5) is 6.88. The molecule has 3 heterocycles. The number of hydrogen-bond acceptors (Lipinski definition) is 3. The molecule has 0 unspecified atom stereocenters. The summed E-state index contributed by atoms with van der Waals surface area (Å²) in [6, 6.07) is 9.04. The van der Waals surface area contributed by atoms with Gasteiger partial charge in [0.1, 0.15) is 5.82 Å². The number of nitrogens with zero attached hydrogens (tertiary/aromatic N) is 2. The van der Waals surface area contributed by atoms with Crippen molar-refractivity contribution in [3.63, 3.8) is 0 Å². The Hall–Kier alpha value is -2.03. The van der Waals surface area contributed by atoms with Crippen molar-refractivity contribution in [3.05, 3.63) is 41.6 Å². The molecule has 2 aromatic rings. The lowest BCUT2D eigenvalue weighted by Crippen LogP contribution is -2.26. The molecule has 0 bridgehead atoms. The standard InChI is InChI=1S/C18H21N3/c1-18(2)10-14-8-12(4-5-16(14)20-18)15-9-13-6-7-21(3)17(13)19-11-15/h4-5,8-9,11,20H,6-7,10H2,1-3H3. The van der Waals surface area contributed by atoms with Gasteiger partial charge < -0.3 is 10.2 Å². The SMILES string of the molecule is CN1CCc2cc(-c3ccc4c(c3)CC(C)(C)N4)cnc21. The molecule has 2 aliphatic heterocycles. The highest BCUT2D eigenvalue weighted by molar-refractivity contribution is 5.72. The van der Waals surface area contributed by atoms with Crippen molar-refractivity contribution in [3.8, 4) is 11.1 Å². The predicted octanol–water partition coefficient (Wildman–Crippen LogP) is 3.49. The van der Waals surface area contributed by atoms with Crippen LogP contribution in [0.1, 0.15) is 25.0 Å². The molecule has 0 saturated heterocycles. The van der Waals surface area contributed by atoms with E-state index in [0.717, 1.165) is 25.2 Å². The minimum atomic E-state index is 0.167. The highest BCUT2D eigenvalue weighted by Crippen LogP contribution is 2.36. The number of hydrogen-bond donors (Lipinski definition) is 1. The highest BCUT2D eigenvalue weighted by atomic mass is 15.2. The van der Waals surface area contributed by atoms with E-state index in [9.17, 15) is 0 Å². The summed E-state index contributed by atoms with van der Waals surface area (Å²) in [6.07, 6.45) is 4.19. The van der Waals surface area contributed by atoms with Crippen LogP contribution in [0.4, 0.5) is 11.5 Å². The molecule has 4 rings (SSSR count). The fourth-order valence-electron chi connectivity index (χ4n) is 3.51. The fourth-order valence-corrected chi connectivity index (χ4v) is 3.51. The van der Waals surface area contributed by atoms with Gasteiger partial charge in [-0.1, -0.05) is 6.07 Å². The Kier molecular flexibility index (Phi) is 2.56. The summed E-state index contributed by atoms with van der Waals surface area (Å²) < 4.78 is 0. The Morgan fingerprint density at radius 2 is 1.95 bits per heavy atom. The Bertz CT molecular complexity index is 718. The third-order valence-corrected chi connectivity index (χ3v) is 4.57. The Labute approximate surface area is 126 Å². The van der Waals surface area contributed by atoms with E-state index in [1.54, 1.807) is 0 Å². The summed E-state index contributed by atoms with van der Waals surface area (Å²) in [5.74, 6) is 1.14. The first kappa shape index (κ1) is 12.7. The van der Waals surface area contributed by atoms with Crippen LogP contribution in [0, 0.1) is 0 Å². The molecule has 0 atom stereocenters. The van der Waals surface area contributed by atoms with E-state index in [1.807, 2.05) is 6.20 Å². The molecule has 0 saturated carbocycles. The van der Waals surface area contributed by atoms with Crippen LogP contribution in [0.15, 0.2) is 30.5 Å². The molecule has 21 heavy (non-hydrogen) atoms. The molecule has 3 nitrogen and oxygen atoms in total. The van der Waals surface area contributed by atoms with Gasteiger partial charge in [-0.05, 0) is 61.6 Å². The van der Waals surface area contributed by atoms with Gasteiger partial charge in [-0.3, -0.25) is 0 Å². The first-order chi connectivity index (χ1) is 10.0.